The number of hydrogen-bond acceptors (Lipinski definition) is 11. The molecule has 1 amide bonds. The number of hydrogen-bond donors (Lipinski definition) is 2. The molecule has 4 heterocycles. The monoisotopic (exact) mass is 735 g/mol. The summed E-state index contributed by atoms with van der Waals surface area (Å²) in [7, 11) is 0. The summed E-state index contributed by atoms with van der Waals surface area (Å²) in [6.07, 6.45) is 10.4. The van der Waals surface area contributed by atoms with E-state index in [4.69, 9.17) is 10.5 Å². The first-order valence-electron chi connectivity index (χ1n) is 19.4. The smallest absolute Gasteiger partial charge is 0.316 e. The van der Waals surface area contributed by atoms with Crippen LogP contribution in [0.1, 0.15) is 85.5 Å². The first kappa shape index (κ1) is 37.3. The molecule has 2 aromatic rings. The number of aliphatic hydroxyl groups excluding tert-OH is 1. The Hall–Kier alpha value is -3.03. The molecule has 3 saturated carbocycles. The van der Waals surface area contributed by atoms with Gasteiger partial charge in [0.1, 0.15) is 18.2 Å². The Kier molecular flexibility index (Phi) is 10.3. The van der Waals surface area contributed by atoms with Crippen molar-refractivity contribution in [2.75, 3.05) is 36.8 Å². The minimum atomic E-state index is -0.680. The Morgan fingerprint density at radius 1 is 1.12 bits per heavy atom. The molecule has 0 radical (unpaired) electrons. The minimum absolute atomic E-state index is 0.0581. The van der Waals surface area contributed by atoms with Crippen LogP contribution in [0.15, 0.2) is 25.3 Å². The summed E-state index contributed by atoms with van der Waals surface area (Å²) in [4.78, 5) is 58.2. The average molecular weight is 736 g/mol. The number of aryl methyl sites for hydroxylation is 1. The summed E-state index contributed by atoms with van der Waals surface area (Å²) >= 11 is 1.60. The van der Waals surface area contributed by atoms with Gasteiger partial charge in [0.25, 0.3) is 0 Å². The van der Waals surface area contributed by atoms with Crippen LogP contribution in [0.4, 0.5) is 5.82 Å². The Morgan fingerprint density at radius 3 is 2.60 bits per heavy atom. The van der Waals surface area contributed by atoms with Crippen LogP contribution in [0.5, 0.6) is 0 Å². The molecule has 5 aliphatic rings. The van der Waals surface area contributed by atoms with Gasteiger partial charge in [-0.15, -0.1) is 18.3 Å². The number of aromatic nitrogens is 4. The molecule has 2 bridgehead atoms. The van der Waals surface area contributed by atoms with E-state index in [0.717, 1.165) is 68.6 Å². The molecule has 5 fully saturated rings. The van der Waals surface area contributed by atoms with E-state index in [1.165, 1.54) is 0 Å². The number of anilines is 1. The van der Waals surface area contributed by atoms with Crippen LogP contribution in [0.25, 0.3) is 11.2 Å². The Bertz CT molecular complexity index is 1700. The van der Waals surface area contributed by atoms with Gasteiger partial charge in [-0.1, -0.05) is 33.8 Å². The topological polar surface area (TPSA) is 157 Å². The average Bonchev–Trinajstić information content (AvgIpc) is 3.87. The van der Waals surface area contributed by atoms with Gasteiger partial charge in [0.15, 0.2) is 17.0 Å². The number of imidazole rings is 1. The lowest BCUT2D eigenvalue weighted by Gasteiger charge is -2.61. The largest absolute Gasteiger partial charge is 0.461 e. The highest BCUT2D eigenvalue weighted by atomic mass is 32.2. The number of amides is 1. The molecule has 0 unspecified atom stereocenters. The maximum absolute atomic E-state index is 13.7. The molecule has 13 heteroatoms. The summed E-state index contributed by atoms with van der Waals surface area (Å²) in [5, 5.41) is 12.0. The van der Waals surface area contributed by atoms with Crippen LogP contribution in [-0.2, 0) is 25.7 Å². The van der Waals surface area contributed by atoms with Crippen molar-refractivity contribution < 1.29 is 24.2 Å². The van der Waals surface area contributed by atoms with E-state index in [9.17, 15) is 19.5 Å². The molecular weight excluding hydrogens is 679 g/mol. The highest BCUT2D eigenvalue weighted by Crippen LogP contribution is 2.68. The van der Waals surface area contributed by atoms with Crippen molar-refractivity contribution in [1.29, 1.82) is 0 Å². The van der Waals surface area contributed by atoms with Crippen molar-refractivity contribution in [1.82, 2.24) is 24.4 Å². The standard InChI is InChI=1S/C39H57N7O5S/c1-6-37(4)19-29(38(5)24(2)7-13-39(25(3)34(37)50)14-8-28(47)33(38)39)51-31(49)21-52-27-10-16-44(17-11-27)30(48)12-18-46-23-43-32-35(41-22-42-36(32)46)45-15-9-26(40)20-45/h6,22-27,29,33-34,50H,1,7-21,40H2,2-5H3/t24-,25+,26-,29-,33-,34+,37-,38+,39+/m1/s1. The molecule has 9 atom stereocenters. The molecule has 52 heavy (non-hydrogen) atoms. The molecule has 284 valence electrons. The maximum Gasteiger partial charge on any atom is 0.316 e. The van der Waals surface area contributed by atoms with Crippen LogP contribution in [0, 0.1) is 34.0 Å². The van der Waals surface area contributed by atoms with Crippen LogP contribution < -0.4 is 10.6 Å². The van der Waals surface area contributed by atoms with E-state index in [1.54, 1.807) is 24.4 Å². The van der Waals surface area contributed by atoms with Gasteiger partial charge in [0.2, 0.25) is 5.91 Å². The molecule has 3 aliphatic carbocycles. The number of piperidine rings is 1. The second kappa shape index (κ2) is 14.3. The normalized spacial score (nSPS) is 36.8. The summed E-state index contributed by atoms with van der Waals surface area (Å²) in [5.74, 6) is 1.01. The number of carbonyl (C=O) groups is 3. The number of aliphatic hydroxyl groups is 1. The van der Waals surface area contributed by atoms with Crippen LogP contribution >= 0.6 is 11.8 Å². The lowest BCUT2D eigenvalue weighted by molar-refractivity contribution is -0.205. The van der Waals surface area contributed by atoms with Crippen LogP contribution in [-0.4, -0.2) is 103 Å². The first-order valence-corrected chi connectivity index (χ1v) is 20.4. The summed E-state index contributed by atoms with van der Waals surface area (Å²) in [6.45, 7) is 16.0. The van der Waals surface area contributed by atoms with Gasteiger partial charge in [-0.05, 0) is 62.2 Å². The van der Waals surface area contributed by atoms with Gasteiger partial charge in [-0.3, -0.25) is 14.4 Å². The van der Waals surface area contributed by atoms with Crippen molar-refractivity contribution >= 4 is 46.4 Å². The lowest BCUT2D eigenvalue weighted by Crippen LogP contribution is -2.63. The molecule has 0 spiro atoms. The molecule has 2 aliphatic heterocycles. The van der Waals surface area contributed by atoms with E-state index in [0.29, 0.717) is 38.9 Å². The zero-order valence-electron chi connectivity index (χ0n) is 31.3. The third-order valence-electron chi connectivity index (χ3n) is 14.3. The number of thioether (sulfide) groups is 1. The van der Waals surface area contributed by atoms with Crippen molar-refractivity contribution in [3.05, 3.63) is 25.3 Å². The van der Waals surface area contributed by atoms with Crippen LogP contribution in [0.3, 0.4) is 0 Å². The number of rotatable bonds is 9. The number of nitrogens with zero attached hydrogens (tertiary/aromatic N) is 6. The Labute approximate surface area is 311 Å². The third-order valence-corrected chi connectivity index (χ3v) is 15.6. The van der Waals surface area contributed by atoms with Gasteiger partial charge in [-0.25, -0.2) is 15.0 Å². The quantitative estimate of drug-likeness (QED) is 0.278. The van der Waals surface area contributed by atoms with Gasteiger partial charge in [0.05, 0.1) is 18.2 Å². The number of likely N-dealkylation sites (tertiary alicyclic amines) is 1. The van der Waals surface area contributed by atoms with Gasteiger partial charge in [0, 0.05) is 73.6 Å². The van der Waals surface area contributed by atoms with Crippen molar-refractivity contribution in [2.24, 2.45) is 39.7 Å². The maximum atomic E-state index is 13.7. The second-order valence-electron chi connectivity index (χ2n) is 17.0. The van der Waals surface area contributed by atoms with Crippen LogP contribution in [0.2, 0.25) is 0 Å². The fraction of sp³-hybridized carbons (Fsp3) is 0.744. The van der Waals surface area contributed by atoms with Crippen molar-refractivity contribution in [3.8, 4) is 0 Å². The summed E-state index contributed by atoms with van der Waals surface area (Å²) in [6, 6.07) is 0.130. The Balaban J connectivity index is 0.936. The number of fused-ring (bicyclic) bond motifs is 1. The summed E-state index contributed by atoms with van der Waals surface area (Å²) < 4.78 is 8.37. The van der Waals surface area contributed by atoms with E-state index in [2.05, 4.69) is 47.2 Å². The SMILES string of the molecule is C=C[C@]1(C)C[C@@H](OC(=O)CSC2CCN(C(=O)CCn3cnc4c(N5CC[C@@H](N)C5)ncnc43)CC2)[C@]2(C)[C@H](C)CC[C@]3(CCC(=O)[C@@H]32)[C@@H](C)[C@@H]1O. The van der Waals surface area contributed by atoms with E-state index >= 15 is 0 Å². The number of ether oxygens (including phenoxy) is 1. The Morgan fingerprint density at radius 2 is 1.88 bits per heavy atom. The predicted octanol–water partition coefficient (Wildman–Crippen LogP) is 4.38. The fourth-order valence-electron chi connectivity index (χ4n) is 10.8. The predicted molar refractivity (Wildman–Crippen MR) is 201 cm³/mol. The minimum Gasteiger partial charge on any atom is -0.461 e. The molecule has 12 nitrogen and oxygen atoms in total. The number of nitrogens with two attached hydrogens (primary N) is 1. The summed E-state index contributed by atoms with van der Waals surface area (Å²) in [5.41, 5.74) is 6.11. The van der Waals surface area contributed by atoms with E-state index in [1.807, 2.05) is 22.5 Å². The molecular formula is C39H57N7O5S. The number of Topliss-reactive ketones (excluding diaryl/α,β-unsaturated/α-hetero) is 1. The second-order valence-corrected chi connectivity index (χ2v) is 18.3. The third kappa shape index (κ3) is 6.36. The highest BCUT2D eigenvalue weighted by molar-refractivity contribution is 8.00. The molecule has 0 aromatic carbocycles. The molecule has 3 N–H and O–H groups in total. The van der Waals surface area contributed by atoms with E-state index in [-0.39, 0.29) is 57.9 Å². The number of esters is 1. The highest BCUT2D eigenvalue weighted by Gasteiger charge is 2.68. The number of carbonyl (C=O) groups excluding carboxylic acids is 3. The number of ketones is 1. The zero-order chi connectivity index (χ0) is 37.0. The van der Waals surface area contributed by atoms with E-state index < -0.39 is 23.0 Å². The van der Waals surface area contributed by atoms with Crippen molar-refractivity contribution in [3.63, 3.8) is 0 Å². The first-order chi connectivity index (χ1) is 24.8. The molecule has 7 rings (SSSR count). The molecule has 2 saturated heterocycles. The molecule has 2 aromatic heterocycles. The zero-order valence-corrected chi connectivity index (χ0v) is 32.2. The van der Waals surface area contributed by atoms with Gasteiger partial charge >= 0.3 is 5.97 Å². The van der Waals surface area contributed by atoms with Crippen molar-refractivity contribution in [2.45, 2.75) is 116 Å². The van der Waals surface area contributed by atoms with Gasteiger partial charge < -0.3 is 29.9 Å². The van der Waals surface area contributed by atoms with Gasteiger partial charge in [-0.2, -0.15) is 0 Å². The fourth-order valence-corrected chi connectivity index (χ4v) is 11.8. The lowest BCUT2D eigenvalue weighted by atomic mass is 9.44.